The van der Waals surface area contributed by atoms with Gasteiger partial charge in [-0.1, -0.05) is 36.4 Å². The van der Waals surface area contributed by atoms with E-state index in [2.05, 4.69) is 20.6 Å². The van der Waals surface area contributed by atoms with E-state index in [1.54, 1.807) is 6.07 Å². The molecule has 0 aliphatic rings. The summed E-state index contributed by atoms with van der Waals surface area (Å²) in [6.45, 7) is 2.65. The van der Waals surface area contributed by atoms with Crippen LogP contribution >= 0.6 is 0 Å². The van der Waals surface area contributed by atoms with Gasteiger partial charge in [0.15, 0.2) is 0 Å². The van der Waals surface area contributed by atoms with E-state index in [-0.39, 0.29) is 12.5 Å². The van der Waals surface area contributed by atoms with Gasteiger partial charge < -0.3 is 15.7 Å². The summed E-state index contributed by atoms with van der Waals surface area (Å²) in [6, 6.07) is 19.2. The van der Waals surface area contributed by atoms with Gasteiger partial charge in [-0.3, -0.25) is 4.79 Å². The molecule has 3 aromatic rings. The number of aryl methyl sites for hydroxylation is 1. The fourth-order valence-electron chi connectivity index (χ4n) is 2.99. The number of nitrogens with one attached hydrogen (secondary N) is 2. The Hall–Kier alpha value is -3.25. The summed E-state index contributed by atoms with van der Waals surface area (Å²) in [6.07, 6.45) is 2.51. The lowest BCUT2D eigenvalue weighted by Crippen LogP contribution is -2.24. The number of anilines is 2. The molecule has 3 N–H and O–H groups in total. The number of aliphatic hydroxyl groups excluding tert-OH is 1. The van der Waals surface area contributed by atoms with Crippen LogP contribution in [0, 0.1) is 6.92 Å². The highest BCUT2D eigenvalue weighted by Crippen LogP contribution is 2.22. The Bertz CT molecular complexity index is 945. The minimum atomic E-state index is -0.110. The van der Waals surface area contributed by atoms with E-state index in [4.69, 9.17) is 5.11 Å². The Morgan fingerprint density at radius 2 is 1.79 bits per heavy atom. The third kappa shape index (κ3) is 6.12. The molecule has 0 bridgehead atoms. The Morgan fingerprint density at radius 1 is 0.966 bits per heavy atom. The van der Waals surface area contributed by atoms with Crippen LogP contribution < -0.4 is 10.6 Å². The first-order valence-corrected chi connectivity index (χ1v) is 9.83. The van der Waals surface area contributed by atoms with Crippen molar-refractivity contribution in [3.05, 3.63) is 72.1 Å². The van der Waals surface area contributed by atoms with E-state index in [0.717, 1.165) is 36.2 Å². The highest BCUT2D eigenvalue weighted by Gasteiger charge is 2.08. The SMILES string of the molecule is Cc1nc(Nc2cccc(C(=O)NCCCCCO)c2)cc(-c2ccccc2)n1. The largest absolute Gasteiger partial charge is 0.396 e. The maximum Gasteiger partial charge on any atom is 0.251 e. The Labute approximate surface area is 171 Å². The zero-order valence-corrected chi connectivity index (χ0v) is 16.6. The smallest absolute Gasteiger partial charge is 0.251 e. The molecule has 150 valence electrons. The van der Waals surface area contributed by atoms with Gasteiger partial charge in [-0.15, -0.1) is 0 Å². The summed E-state index contributed by atoms with van der Waals surface area (Å²) in [5, 5.41) is 15.0. The van der Waals surface area contributed by atoms with Crippen LogP contribution in [0.25, 0.3) is 11.3 Å². The van der Waals surface area contributed by atoms with Gasteiger partial charge in [-0.25, -0.2) is 9.97 Å². The van der Waals surface area contributed by atoms with E-state index in [0.29, 0.717) is 23.8 Å². The number of carbonyl (C=O) groups is 1. The lowest BCUT2D eigenvalue weighted by atomic mass is 10.1. The van der Waals surface area contributed by atoms with E-state index in [9.17, 15) is 4.79 Å². The standard InChI is InChI=1S/C23H26N4O2/c1-17-25-21(18-9-4-2-5-10-18)16-22(26-17)27-20-12-8-11-19(15-20)23(29)24-13-6-3-7-14-28/h2,4-5,8-12,15-16,28H,3,6-7,13-14H2,1H3,(H,24,29)(H,25,26,27). The molecule has 0 saturated carbocycles. The molecule has 0 saturated heterocycles. The molecule has 1 heterocycles. The minimum absolute atomic E-state index is 0.110. The van der Waals surface area contributed by atoms with Crippen molar-refractivity contribution >= 4 is 17.4 Å². The summed E-state index contributed by atoms with van der Waals surface area (Å²) >= 11 is 0. The molecule has 29 heavy (non-hydrogen) atoms. The lowest BCUT2D eigenvalue weighted by Gasteiger charge is -2.10. The van der Waals surface area contributed by atoms with E-state index in [1.807, 2.05) is 61.5 Å². The van der Waals surface area contributed by atoms with Crippen molar-refractivity contribution in [2.45, 2.75) is 26.2 Å². The highest BCUT2D eigenvalue weighted by atomic mass is 16.2. The molecule has 0 radical (unpaired) electrons. The first-order chi connectivity index (χ1) is 14.2. The van der Waals surface area contributed by atoms with Crippen molar-refractivity contribution in [3.8, 4) is 11.3 Å². The van der Waals surface area contributed by atoms with Gasteiger partial charge in [0, 0.05) is 36.0 Å². The van der Waals surface area contributed by atoms with Gasteiger partial charge in [0.05, 0.1) is 5.69 Å². The van der Waals surface area contributed by atoms with Crippen molar-refractivity contribution in [2.75, 3.05) is 18.5 Å². The molecular formula is C23H26N4O2. The molecule has 0 spiro atoms. The predicted octanol–water partition coefficient (Wildman–Crippen LogP) is 4.09. The predicted molar refractivity (Wildman–Crippen MR) is 115 cm³/mol. The Morgan fingerprint density at radius 3 is 2.59 bits per heavy atom. The van der Waals surface area contributed by atoms with Crippen LogP contribution in [0.1, 0.15) is 35.4 Å². The molecule has 6 heteroatoms. The van der Waals surface area contributed by atoms with Crippen molar-refractivity contribution in [1.82, 2.24) is 15.3 Å². The summed E-state index contributed by atoms with van der Waals surface area (Å²) < 4.78 is 0. The molecular weight excluding hydrogens is 364 g/mol. The first kappa shape index (κ1) is 20.5. The second-order valence-electron chi connectivity index (χ2n) is 6.80. The maximum atomic E-state index is 12.4. The molecule has 0 aliphatic heterocycles. The van der Waals surface area contributed by atoms with Gasteiger partial charge in [-0.2, -0.15) is 0 Å². The van der Waals surface area contributed by atoms with Gasteiger partial charge >= 0.3 is 0 Å². The molecule has 0 aliphatic carbocycles. The molecule has 0 atom stereocenters. The average Bonchev–Trinajstić information content (AvgIpc) is 2.74. The summed E-state index contributed by atoms with van der Waals surface area (Å²) in [7, 11) is 0. The Balaban J connectivity index is 1.69. The van der Waals surface area contributed by atoms with Gasteiger partial charge in [0.25, 0.3) is 5.91 Å². The van der Waals surface area contributed by atoms with Crippen molar-refractivity contribution < 1.29 is 9.90 Å². The third-order valence-electron chi connectivity index (χ3n) is 4.43. The molecule has 3 rings (SSSR count). The molecule has 1 aromatic heterocycles. The monoisotopic (exact) mass is 390 g/mol. The van der Waals surface area contributed by atoms with Crippen LogP contribution in [0.5, 0.6) is 0 Å². The zero-order chi connectivity index (χ0) is 20.5. The van der Waals surface area contributed by atoms with Crippen LogP contribution in [-0.4, -0.2) is 34.1 Å². The number of nitrogens with zero attached hydrogens (tertiary/aromatic N) is 2. The quantitative estimate of drug-likeness (QED) is 0.479. The second-order valence-corrected chi connectivity index (χ2v) is 6.80. The van der Waals surface area contributed by atoms with Gasteiger partial charge in [-0.05, 0) is 44.4 Å². The molecule has 0 unspecified atom stereocenters. The second kappa shape index (κ2) is 10.3. The van der Waals surface area contributed by atoms with Gasteiger partial charge in [0.1, 0.15) is 11.6 Å². The summed E-state index contributed by atoms with van der Waals surface area (Å²) in [4.78, 5) is 21.3. The number of carbonyl (C=O) groups excluding carboxylic acids is 1. The summed E-state index contributed by atoms with van der Waals surface area (Å²) in [5.74, 6) is 1.24. The minimum Gasteiger partial charge on any atom is -0.396 e. The number of amides is 1. The number of unbranched alkanes of at least 4 members (excludes halogenated alkanes) is 2. The average molecular weight is 390 g/mol. The molecule has 0 fully saturated rings. The van der Waals surface area contributed by atoms with E-state index >= 15 is 0 Å². The normalized spacial score (nSPS) is 10.6. The van der Waals surface area contributed by atoms with Crippen LogP contribution in [0.2, 0.25) is 0 Å². The third-order valence-corrected chi connectivity index (χ3v) is 4.43. The van der Waals surface area contributed by atoms with Crippen LogP contribution in [-0.2, 0) is 0 Å². The number of hydrogen-bond acceptors (Lipinski definition) is 5. The number of aromatic nitrogens is 2. The summed E-state index contributed by atoms with van der Waals surface area (Å²) in [5.41, 5.74) is 3.24. The fraction of sp³-hybridized carbons (Fsp3) is 0.261. The molecule has 2 aromatic carbocycles. The van der Waals surface area contributed by atoms with Crippen molar-refractivity contribution in [3.63, 3.8) is 0 Å². The van der Waals surface area contributed by atoms with Gasteiger partial charge in [0.2, 0.25) is 0 Å². The number of aliphatic hydroxyl groups is 1. The number of benzene rings is 2. The van der Waals surface area contributed by atoms with Crippen LogP contribution in [0.4, 0.5) is 11.5 Å². The van der Waals surface area contributed by atoms with E-state index < -0.39 is 0 Å². The van der Waals surface area contributed by atoms with Crippen molar-refractivity contribution in [2.24, 2.45) is 0 Å². The topological polar surface area (TPSA) is 87.1 Å². The molecule has 1 amide bonds. The molecule has 6 nitrogen and oxygen atoms in total. The number of rotatable bonds is 9. The zero-order valence-electron chi connectivity index (χ0n) is 16.6. The van der Waals surface area contributed by atoms with Crippen molar-refractivity contribution in [1.29, 1.82) is 0 Å². The number of hydrogen-bond donors (Lipinski definition) is 3. The lowest BCUT2D eigenvalue weighted by molar-refractivity contribution is 0.0953. The Kier molecular flexibility index (Phi) is 7.30. The highest BCUT2D eigenvalue weighted by molar-refractivity contribution is 5.95. The van der Waals surface area contributed by atoms with Crippen LogP contribution in [0.3, 0.4) is 0 Å². The fourth-order valence-corrected chi connectivity index (χ4v) is 2.99. The van der Waals surface area contributed by atoms with Crippen LogP contribution in [0.15, 0.2) is 60.7 Å². The van der Waals surface area contributed by atoms with E-state index in [1.165, 1.54) is 0 Å². The first-order valence-electron chi connectivity index (χ1n) is 9.83. The maximum absolute atomic E-state index is 12.4.